The highest BCUT2D eigenvalue weighted by Gasteiger charge is 2.15. The van der Waals surface area contributed by atoms with Crippen LogP contribution in [0, 0.1) is 0 Å². The Morgan fingerprint density at radius 2 is 1.75 bits per heavy atom. The molecule has 1 N–H and O–H groups in total. The average molecular weight is 495 g/mol. The lowest BCUT2D eigenvalue weighted by molar-refractivity contribution is 0.0734. The van der Waals surface area contributed by atoms with Gasteiger partial charge in [-0.05, 0) is 65.7 Å². The number of ether oxygens (including phenoxy) is 3. The van der Waals surface area contributed by atoms with Crippen LogP contribution < -0.4 is 14.9 Å². The number of amides is 1. The third-order valence-corrected chi connectivity index (χ3v) is 5.35. The molecule has 0 radical (unpaired) electrons. The van der Waals surface area contributed by atoms with Crippen LogP contribution in [-0.2, 0) is 18.0 Å². The van der Waals surface area contributed by atoms with Crippen LogP contribution in [0.25, 0.3) is 0 Å². The predicted molar refractivity (Wildman–Crippen MR) is 122 cm³/mol. The quantitative estimate of drug-likeness (QED) is 0.236. The van der Waals surface area contributed by atoms with Gasteiger partial charge in [0.05, 0.1) is 32.1 Å². The van der Waals surface area contributed by atoms with Crippen LogP contribution in [0.15, 0.2) is 70.2 Å². The summed E-state index contributed by atoms with van der Waals surface area (Å²) in [5.41, 5.74) is 5.98. The summed E-state index contributed by atoms with van der Waals surface area (Å²) in [6, 6.07) is 17.2. The number of benzene rings is 3. The molecule has 3 aromatic rings. The van der Waals surface area contributed by atoms with E-state index < -0.39 is 5.97 Å². The third-order valence-electron chi connectivity index (χ3n) is 4.85. The van der Waals surface area contributed by atoms with E-state index in [1.54, 1.807) is 61.7 Å². The normalized spacial score (nSPS) is 12.4. The topological polar surface area (TPSA) is 86.2 Å². The van der Waals surface area contributed by atoms with Gasteiger partial charge in [0.25, 0.3) is 5.91 Å². The molecule has 0 spiro atoms. The molecule has 162 valence electrons. The van der Waals surface area contributed by atoms with Gasteiger partial charge in [0.2, 0.25) is 0 Å². The minimum atomic E-state index is -0.519. The van der Waals surface area contributed by atoms with Crippen LogP contribution in [0.4, 0.5) is 0 Å². The van der Waals surface area contributed by atoms with E-state index in [-0.39, 0.29) is 5.91 Å². The molecule has 1 aliphatic rings. The van der Waals surface area contributed by atoms with Crippen molar-refractivity contribution in [2.45, 2.75) is 13.2 Å². The Morgan fingerprint density at radius 3 is 2.53 bits per heavy atom. The van der Waals surface area contributed by atoms with Crippen LogP contribution in [0.2, 0.25) is 0 Å². The molecule has 8 heteroatoms. The molecular weight excluding hydrogens is 476 g/mol. The van der Waals surface area contributed by atoms with E-state index >= 15 is 0 Å². The highest BCUT2D eigenvalue weighted by atomic mass is 79.9. The van der Waals surface area contributed by atoms with E-state index in [1.165, 1.54) is 6.21 Å². The zero-order chi connectivity index (χ0) is 22.5. The lowest BCUT2D eigenvalue weighted by Gasteiger charge is -2.09. The van der Waals surface area contributed by atoms with Gasteiger partial charge in [0.15, 0.2) is 0 Å². The van der Waals surface area contributed by atoms with E-state index in [2.05, 4.69) is 26.5 Å². The van der Waals surface area contributed by atoms with E-state index in [0.29, 0.717) is 41.4 Å². The number of nitrogens with zero attached hydrogens (tertiary/aromatic N) is 1. The number of halogens is 1. The molecule has 0 aliphatic carbocycles. The smallest absolute Gasteiger partial charge is 0.343 e. The molecule has 0 unspecified atom stereocenters. The fourth-order valence-corrected chi connectivity index (χ4v) is 3.52. The molecule has 0 fully saturated rings. The van der Waals surface area contributed by atoms with Crippen molar-refractivity contribution in [1.82, 2.24) is 5.43 Å². The fourth-order valence-electron chi connectivity index (χ4n) is 3.14. The van der Waals surface area contributed by atoms with Crippen molar-refractivity contribution in [3.63, 3.8) is 0 Å². The minimum absolute atomic E-state index is 0.307. The second-order valence-corrected chi connectivity index (χ2v) is 7.89. The van der Waals surface area contributed by atoms with Crippen molar-refractivity contribution in [3.05, 3.63) is 93.0 Å². The largest absolute Gasteiger partial charge is 0.497 e. The number of rotatable bonds is 6. The number of nitrogens with one attached hydrogen (secondary N) is 1. The molecule has 1 aliphatic heterocycles. The number of hydrogen-bond donors (Lipinski definition) is 1. The number of hydrazone groups is 1. The van der Waals surface area contributed by atoms with Crippen molar-refractivity contribution < 1.29 is 23.8 Å². The third kappa shape index (κ3) is 5.04. The van der Waals surface area contributed by atoms with Gasteiger partial charge in [0.1, 0.15) is 11.5 Å². The van der Waals surface area contributed by atoms with Crippen LogP contribution in [0.5, 0.6) is 11.5 Å². The SMILES string of the molecule is COc1ccc(C(=O)Oc2ccc(Br)cc2C=NNC(=O)c2ccc3c(c2)COC3)cc1. The summed E-state index contributed by atoms with van der Waals surface area (Å²) in [4.78, 5) is 24.9. The first-order chi connectivity index (χ1) is 15.5. The molecule has 0 atom stereocenters. The molecule has 4 rings (SSSR count). The summed E-state index contributed by atoms with van der Waals surface area (Å²) in [6.07, 6.45) is 1.43. The van der Waals surface area contributed by atoms with Crippen molar-refractivity contribution in [2.24, 2.45) is 5.10 Å². The first-order valence-electron chi connectivity index (χ1n) is 9.72. The monoisotopic (exact) mass is 494 g/mol. The van der Waals surface area contributed by atoms with Gasteiger partial charge >= 0.3 is 5.97 Å². The first kappa shape index (κ1) is 21.7. The highest BCUT2D eigenvalue weighted by Crippen LogP contribution is 2.24. The van der Waals surface area contributed by atoms with Gasteiger partial charge in [0, 0.05) is 15.6 Å². The van der Waals surface area contributed by atoms with E-state index in [9.17, 15) is 9.59 Å². The Morgan fingerprint density at radius 1 is 1.00 bits per heavy atom. The first-order valence-corrected chi connectivity index (χ1v) is 10.5. The van der Waals surface area contributed by atoms with Gasteiger partial charge in [-0.15, -0.1) is 0 Å². The van der Waals surface area contributed by atoms with Crippen LogP contribution in [0.3, 0.4) is 0 Å². The zero-order valence-corrected chi connectivity index (χ0v) is 18.7. The second kappa shape index (κ2) is 9.76. The van der Waals surface area contributed by atoms with E-state index in [4.69, 9.17) is 14.2 Å². The molecule has 3 aromatic carbocycles. The number of methoxy groups -OCH3 is 1. The van der Waals surface area contributed by atoms with Gasteiger partial charge < -0.3 is 14.2 Å². The predicted octanol–water partition coefficient (Wildman–Crippen LogP) is 4.47. The lowest BCUT2D eigenvalue weighted by atomic mass is 10.1. The van der Waals surface area contributed by atoms with Crippen molar-refractivity contribution >= 4 is 34.0 Å². The summed E-state index contributed by atoms with van der Waals surface area (Å²) < 4.78 is 16.8. The lowest BCUT2D eigenvalue weighted by Crippen LogP contribution is -2.18. The zero-order valence-electron chi connectivity index (χ0n) is 17.1. The summed E-state index contributed by atoms with van der Waals surface area (Å²) >= 11 is 3.39. The van der Waals surface area contributed by atoms with E-state index in [1.807, 2.05) is 6.07 Å². The standard InChI is InChI=1S/C24H19BrN2O5/c1-30-21-7-4-15(5-8-21)24(29)32-22-9-6-20(25)11-18(22)12-26-27-23(28)16-2-3-17-13-31-14-19(17)10-16/h2-12H,13-14H2,1H3,(H,27,28). The van der Waals surface area contributed by atoms with Gasteiger partial charge in [-0.25, -0.2) is 10.2 Å². The molecule has 0 bridgehead atoms. The Kier molecular flexibility index (Phi) is 6.63. The molecule has 7 nitrogen and oxygen atoms in total. The molecule has 0 saturated heterocycles. The molecule has 32 heavy (non-hydrogen) atoms. The minimum Gasteiger partial charge on any atom is -0.497 e. The number of fused-ring (bicyclic) bond motifs is 1. The Hall–Kier alpha value is -3.49. The maximum atomic E-state index is 12.5. The van der Waals surface area contributed by atoms with Crippen LogP contribution in [0.1, 0.15) is 37.4 Å². The summed E-state index contributed by atoms with van der Waals surface area (Å²) in [5.74, 6) is 0.0862. The second-order valence-electron chi connectivity index (χ2n) is 6.98. The molecular formula is C24H19BrN2O5. The van der Waals surface area contributed by atoms with Crippen LogP contribution in [-0.4, -0.2) is 25.2 Å². The van der Waals surface area contributed by atoms with Crippen molar-refractivity contribution in [3.8, 4) is 11.5 Å². The Labute approximate surface area is 193 Å². The maximum absolute atomic E-state index is 12.5. The molecule has 1 amide bonds. The summed E-state index contributed by atoms with van der Waals surface area (Å²) in [5, 5.41) is 4.03. The molecule has 0 saturated carbocycles. The Bertz CT molecular complexity index is 1190. The van der Waals surface area contributed by atoms with Gasteiger partial charge in [-0.2, -0.15) is 5.10 Å². The molecule has 0 aromatic heterocycles. The summed E-state index contributed by atoms with van der Waals surface area (Å²) in [6.45, 7) is 1.07. The average Bonchev–Trinajstić information content (AvgIpc) is 3.28. The van der Waals surface area contributed by atoms with Crippen LogP contribution >= 0.6 is 15.9 Å². The fraction of sp³-hybridized carbons (Fsp3) is 0.125. The van der Waals surface area contributed by atoms with E-state index in [0.717, 1.165) is 15.6 Å². The highest BCUT2D eigenvalue weighted by molar-refractivity contribution is 9.10. The number of carbonyl (C=O) groups excluding carboxylic acids is 2. The Balaban J connectivity index is 1.46. The number of carbonyl (C=O) groups is 2. The van der Waals surface area contributed by atoms with Crippen molar-refractivity contribution in [2.75, 3.05) is 7.11 Å². The van der Waals surface area contributed by atoms with Gasteiger partial charge in [-0.3, -0.25) is 4.79 Å². The number of hydrogen-bond acceptors (Lipinski definition) is 6. The number of esters is 1. The summed E-state index contributed by atoms with van der Waals surface area (Å²) in [7, 11) is 1.55. The molecule has 1 heterocycles. The maximum Gasteiger partial charge on any atom is 0.343 e. The van der Waals surface area contributed by atoms with Crippen molar-refractivity contribution in [1.29, 1.82) is 0 Å². The van der Waals surface area contributed by atoms with Gasteiger partial charge in [-0.1, -0.05) is 22.0 Å².